The first-order chi connectivity index (χ1) is 19.9. The van der Waals surface area contributed by atoms with Crippen LogP contribution in [0.15, 0.2) is 42.6 Å². The summed E-state index contributed by atoms with van der Waals surface area (Å²) in [5.74, 6) is -0.425. The van der Waals surface area contributed by atoms with Crippen LogP contribution in [-0.2, 0) is 19.1 Å². The Morgan fingerprint density at radius 1 is 1.10 bits per heavy atom. The minimum absolute atomic E-state index is 0.0442. The molecule has 1 aromatic carbocycles. The zero-order valence-corrected chi connectivity index (χ0v) is 24.9. The summed E-state index contributed by atoms with van der Waals surface area (Å²) in [5, 5.41) is 4.03. The number of likely N-dealkylation sites (tertiary alicyclic amines) is 2. The van der Waals surface area contributed by atoms with Crippen LogP contribution in [0.3, 0.4) is 0 Å². The van der Waals surface area contributed by atoms with Crippen molar-refractivity contribution in [3.8, 4) is 11.3 Å². The molecule has 10 heteroatoms. The summed E-state index contributed by atoms with van der Waals surface area (Å²) >= 11 is 1.61. The average molecular weight is 578 g/mol. The van der Waals surface area contributed by atoms with Crippen LogP contribution >= 0.6 is 11.3 Å². The van der Waals surface area contributed by atoms with E-state index < -0.39 is 6.04 Å². The van der Waals surface area contributed by atoms with Crippen molar-refractivity contribution in [3.05, 3.63) is 47.6 Å². The highest BCUT2D eigenvalue weighted by Gasteiger charge is 2.41. The molecule has 5 rings (SSSR count). The van der Waals surface area contributed by atoms with Gasteiger partial charge in [0.05, 0.1) is 16.4 Å². The van der Waals surface area contributed by atoms with E-state index in [-0.39, 0.29) is 42.2 Å². The van der Waals surface area contributed by atoms with Crippen LogP contribution in [0, 0.1) is 11.8 Å². The highest BCUT2D eigenvalue weighted by molar-refractivity contribution is 7.18. The van der Waals surface area contributed by atoms with Gasteiger partial charge in [-0.15, -0.1) is 11.3 Å². The molecule has 218 valence electrons. The van der Waals surface area contributed by atoms with E-state index in [0.29, 0.717) is 38.9 Å². The van der Waals surface area contributed by atoms with Crippen molar-refractivity contribution < 1.29 is 19.1 Å². The van der Waals surface area contributed by atoms with Crippen LogP contribution in [-0.4, -0.2) is 76.9 Å². The predicted molar refractivity (Wildman–Crippen MR) is 159 cm³/mol. The zero-order valence-electron chi connectivity index (χ0n) is 24.0. The van der Waals surface area contributed by atoms with Crippen LogP contribution in [0.25, 0.3) is 21.5 Å². The lowest BCUT2D eigenvalue weighted by Crippen LogP contribution is -2.55. The average Bonchev–Trinajstić information content (AvgIpc) is 3.67. The number of methoxy groups -OCH3 is 1. The fraction of sp³-hybridized carbons (Fsp3) is 0.516. The molecular weight excluding hydrogens is 538 g/mol. The summed E-state index contributed by atoms with van der Waals surface area (Å²) in [7, 11) is 1.51. The molecule has 0 spiro atoms. The molecular formula is C31H39N5O4S. The number of aromatic nitrogens is 2. The monoisotopic (exact) mass is 577 g/mol. The molecule has 9 nitrogen and oxygen atoms in total. The van der Waals surface area contributed by atoms with Crippen molar-refractivity contribution in [2.24, 2.45) is 11.8 Å². The van der Waals surface area contributed by atoms with Gasteiger partial charge < -0.3 is 19.9 Å². The number of hydrogen-bond acceptors (Lipinski definition) is 7. The van der Waals surface area contributed by atoms with Gasteiger partial charge >= 0.3 is 0 Å². The molecule has 3 amide bonds. The maximum absolute atomic E-state index is 14.3. The van der Waals surface area contributed by atoms with Crippen molar-refractivity contribution in [2.75, 3.05) is 33.4 Å². The number of pyridine rings is 1. The van der Waals surface area contributed by atoms with Crippen LogP contribution in [0.1, 0.15) is 57.0 Å². The van der Waals surface area contributed by atoms with Gasteiger partial charge in [0.2, 0.25) is 17.7 Å². The van der Waals surface area contributed by atoms with Crippen molar-refractivity contribution in [3.63, 3.8) is 0 Å². The fourth-order valence-corrected chi connectivity index (χ4v) is 6.96. The second-order valence-corrected chi connectivity index (χ2v) is 12.1. The molecule has 0 radical (unpaired) electrons. The molecule has 1 N–H and O–H groups in total. The largest absolute Gasteiger partial charge is 0.375 e. The van der Waals surface area contributed by atoms with E-state index >= 15 is 0 Å². The molecule has 0 bridgehead atoms. The molecule has 2 fully saturated rings. The number of hydrogen-bond donors (Lipinski definition) is 1. The van der Waals surface area contributed by atoms with E-state index in [2.05, 4.69) is 10.3 Å². The molecule has 3 atom stereocenters. The lowest BCUT2D eigenvalue weighted by atomic mass is 9.87. The number of rotatable bonds is 9. The first-order valence-electron chi connectivity index (χ1n) is 14.6. The Hall–Kier alpha value is -3.37. The maximum Gasteiger partial charge on any atom is 0.248 e. The van der Waals surface area contributed by atoms with Gasteiger partial charge in [0.25, 0.3) is 0 Å². The molecule has 41 heavy (non-hydrogen) atoms. The van der Waals surface area contributed by atoms with Crippen LogP contribution in [0.5, 0.6) is 0 Å². The highest BCUT2D eigenvalue weighted by atomic mass is 32.1. The van der Waals surface area contributed by atoms with E-state index in [0.717, 1.165) is 39.3 Å². The number of carbonyl (C=O) groups excluding carboxylic acids is 3. The van der Waals surface area contributed by atoms with Crippen LogP contribution in [0.2, 0.25) is 0 Å². The molecule has 0 unspecified atom stereocenters. The lowest BCUT2D eigenvalue weighted by Gasteiger charge is -2.38. The Labute approximate surface area is 245 Å². The van der Waals surface area contributed by atoms with Gasteiger partial charge in [-0.2, -0.15) is 0 Å². The second-order valence-electron chi connectivity index (χ2n) is 11.1. The van der Waals surface area contributed by atoms with E-state index in [9.17, 15) is 14.4 Å². The van der Waals surface area contributed by atoms with E-state index in [4.69, 9.17) is 9.72 Å². The number of piperidine rings is 1. The van der Waals surface area contributed by atoms with Crippen molar-refractivity contribution in [1.82, 2.24) is 25.1 Å². The Kier molecular flexibility index (Phi) is 9.29. The summed E-state index contributed by atoms with van der Waals surface area (Å²) in [6.45, 7) is 5.64. The van der Waals surface area contributed by atoms with E-state index in [1.807, 2.05) is 61.3 Å². The number of benzene rings is 1. The first-order valence-corrected chi connectivity index (χ1v) is 15.4. The molecule has 2 aromatic heterocycles. The maximum atomic E-state index is 14.3. The van der Waals surface area contributed by atoms with Gasteiger partial charge in [-0.05, 0) is 44.1 Å². The van der Waals surface area contributed by atoms with Crippen molar-refractivity contribution >= 4 is 39.3 Å². The molecule has 3 aromatic rings. The molecule has 2 saturated heterocycles. The number of thiazole rings is 1. The Morgan fingerprint density at radius 3 is 2.56 bits per heavy atom. The topological polar surface area (TPSA) is 105 Å². The zero-order chi connectivity index (χ0) is 28.9. The van der Waals surface area contributed by atoms with Gasteiger partial charge in [-0.1, -0.05) is 44.2 Å². The molecule has 2 aliphatic rings. The van der Waals surface area contributed by atoms with Crippen molar-refractivity contribution in [2.45, 2.75) is 58.0 Å². The number of carbonyl (C=O) groups is 3. The minimum atomic E-state index is -0.632. The summed E-state index contributed by atoms with van der Waals surface area (Å²) in [4.78, 5) is 53.1. The van der Waals surface area contributed by atoms with E-state index in [1.54, 1.807) is 16.2 Å². The standard InChI is InChI=1S/C31H39N5O4S/c1-4-20(2)29(38)33-27(22-13-17-35(18-14-22)25(37)19-40-3)31(39)36-16-8-11-23(36)30-34-28-24(41-30)12-15-32-26(28)21-9-6-5-7-10-21/h5-7,9-10,12,15,20,22-23,27H,4,8,11,13-14,16-19H2,1-3H3,(H,33,38)/t20-,23+,27+/m1/s1. The van der Waals surface area contributed by atoms with Gasteiger partial charge in [0.1, 0.15) is 23.2 Å². The lowest BCUT2D eigenvalue weighted by molar-refractivity contribution is -0.141. The quantitative estimate of drug-likeness (QED) is 0.403. The predicted octanol–water partition coefficient (Wildman–Crippen LogP) is 4.44. The third-order valence-corrected chi connectivity index (χ3v) is 9.57. The molecule has 4 heterocycles. The fourth-order valence-electron chi connectivity index (χ4n) is 5.85. The Bertz CT molecular complexity index is 1370. The smallest absolute Gasteiger partial charge is 0.248 e. The number of nitrogens with zero attached hydrogens (tertiary/aromatic N) is 4. The second kappa shape index (κ2) is 13.1. The van der Waals surface area contributed by atoms with E-state index in [1.165, 1.54) is 7.11 Å². The van der Waals surface area contributed by atoms with Gasteiger partial charge in [0.15, 0.2) is 0 Å². The summed E-state index contributed by atoms with van der Waals surface area (Å²) < 4.78 is 6.06. The SMILES string of the molecule is CC[C@@H](C)C(=O)N[C@H](C(=O)N1CCC[C@H]1c1nc2c(-c3ccccc3)nccc2s1)C1CCN(C(=O)COC)CC1. The number of ether oxygens (including phenoxy) is 1. The molecule has 0 aliphatic carbocycles. The number of fused-ring (bicyclic) bond motifs is 1. The van der Waals surface area contributed by atoms with Crippen LogP contribution < -0.4 is 5.32 Å². The van der Waals surface area contributed by atoms with Gasteiger partial charge in [-0.3, -0.25) is 19.4 Å². The third-order valence-electron chi connectivity index (χ3n) is 8.45. The van der Waals surface area contributed by atoms with Gasteiger partial charge in [0, 0.05) is 44.4 Å². The Balaban J connectivity index is 1.39. The van der Waals surface area contributed by atoms with Crippen molar-refractivity contribution in [1.29, 1.82) is 0 Å². The highest BCUT2D eigenvalue weighted by Crippen LogP contribution is 2.39. The summed E-state index contributed by atoms with van der Waals surface area (Å²) in [6.07, 6.45) is 5.53. The third kappa shape index (κ3) is 6.28. The van der Waals surface area contributed by atoms with Crippen LogP contribution in [0.4, 0.5) is 0 Å². The molecule has 0 saturated carbocycles. The number of nitrogens with one attached hydrogen (secondary N) is 1. The van der Waals surface area contributed by atoms with Gasteiger partial charge in [-0.25, -0.2) is 4.98 Å². The summed E-state index contributed by atoms with van der Waals surface area (Å²) in [5.41, 5.74) is 2.71. The first kappa shape index (κ1) is 29.1. The number of amides is 3. The minimum Gasteiger partial charge on any atom is -0.375 e. The summed E-state index contributed by atoms with van der Waals surface area (Å²) in [6, 6.07) is 11.2. The molecule has 2 aliphatic heterocycles. The normalized spacial score (nSPS) is 19.3. The Morgan fingerprint density at radius 2 is 1.85 bits per heavy atom.